The van der Waals surface area contributed by atoms with Gasteiger partial charge in [-0.2, -0.15) is 0 Å². The maximum Gasteiger partial charge on any atom is 0.253 e. The van der Waals surface area contributed by atoms with E-state index in [9.17, 15) is 4.79 Å². The molecule has 1 aromatic heterocycles. The fourth-order valence-electron chi connectivity index (χ4n) is 3.22. The van der Waals surface area contributed by atoms with Crippen LogP contribution in [-0.4, -0.2) is 29.1 Å². The summed E-state index contributed by atoms with van der Waals surface area (Å²) in [4.78, 5) is 20.5. The van der Waals surface area contributed by atoms with Gasteiger partial charge in [-0.25, -0.2) is 9.97 Å². The maximum atomic E-state index is 12.0. The highest BCUT2D eigenvalue weighted by atomic mass is 16.5. The zero-order chi connectivity index (χ0) is 23.9. The highest BCUT2D eigenvalue weighted by molar-refractivity contribution is 5.94. The second kappa shape index (κ2) is 10.5. The Morgan fingerprint density at radius 1 is 0.882 bits per heavy atom. The molecule has 1 amide bonds. The molecule has 0 saturated heterocycles. The Labute approximate surface area is 197 Å². The number of nitrogen functional groups attached to an aromatic ring is 1. The van der Waals surface area contributed by atoms with Gasteiger partial charge in [0.25, 0.3) is 5.91 Å². The van der Waals surface area contributed by atoms with Crippen LogP contribution < -0.4 is 21.1 Å². The lowest BCUT2D eigenvalue weighted by Crippen LogP contribution is -2.26. The summed E-state index contributed by atoms with van der Waals surface area (Å²) in [5, 5.41) is 6.08. The summed E-state index contributed by atoms with van der Waals surface area (Å²) in [6.45, 7) is 1.69. The Kier molecular flexibility index (Phi) is 7.00. The molecule has 8 heteroatoms. The van der Waals surface area contributed by atoms with Gasteiger partial charge in [-0.15, -0.1) is 0 Å². The molecular formula is C26H25N5O3. The topological polar surface area (TPSA) is 111 Å². The number of nitrogens with one attached hydrogen (secondary N) is 2. The Morgan fingerprint density at radius 3 is 2.21 bits per heavy atom. The Hall–Kier alpha value is -4.43. The molecule has 0 bridgehead atoms. The average molecular weight is 456 g/mol. The molecule has 4 rings (SSSR count). The zero-order valence-electron chi connectivity index (χ0n) is 18.9. The van der Waals surface area contributed by atoms with E-state index >= 15 is 0 Å². The van der Waals surface area contributed by atoms with Crippen LogP contribution in [0.15, 0.2) is 85.2 Å². The number of carbonyl (C=O) groups is 1. The largest absolute Gasteiger partial charge is 0.457 e. The molecule has 0 aliphatic carbocycles. The number of carbonyl (C=O) groups excluding carboxylic acids is 1. The molecule has 0 saturated carbocycles. The molecule has 172 valence electrons. The zero-order valence-corrected chi connectivity index (χ0v) is 18.9. The van der Waals surface area contributed by atoms with Gasteiger partial charge in [-0.3, -0.25) is 4.79 Å². The van der Waals surface area contributed by atoms with Gasteiger partial charge < -0.3 is 25.8 Å². The second-order valence-corrected chi connectivity index (χ2v) is 7.49. The van der Waals surface area contributed by atoms with E-state index in [1.54, 1.807) is 19.1 Å². The van der Waals surface area contributed by atoms with Crippen molar-refractivity contribution in [2.45, 2.75) is 13.0 Å². The van der Waals surface area contributed by atoms with Crippen molar-refractivity contribution in [2.24, 2.45) is 0 Å². The van der Waals surface area contributed by atoms with Crippen molar-refractivity contribution in [3.05, 3.63) is 85.2 Å². The van der Waals surface area contributed by atoms with Gasteiger partial charge in [0.2, 0.25) is 0 Å². The highest BCUT2D eigenvalue weighted by Crippen LogP contribution is 2.34. The Morgan fingerprint density at radius 2 is 1.53 bits per heavy atom. The van der Waals surface area contributed by atoms with E-state index in [0.717, 1.165) is 17.0 Å². The van der Waals surface area contributed by atoms with Crippen LogP contribution in [-0.2, 0) is 9.53 Å². The highest BCUT2D eigenvalue weighted by Gasteiger charge is 2.14. The lowest BCUT2D eigenvalue weighted by Gasteiger charge is -2.14. The number of ether oxygens (including phenoxy) is 2. The fourth-order valence-corrected chi connectivity index (χ4v) is 3.22. The second-order valence-electron chi connectivity index (χ2n) is 7.49. The summed E-state index contributed by atoms with van der Waals surface area (Å²) in [6.07, 6.45) is 0.878. The predicted octanol–water partition coefficient (Wildman–Crippen LogP) is 5.24. The monoisotopic (exact) mass is 455 g/mol. The molecule has 1 atom stereocenters. The van der Waals surface area contributed by atoms with Gasteiger partial charge in [0.1, 0.15) is 35.6 Å². The van der Waals surface area contributed by atoms with Crippen LogP contribution in [0, 0.1) is 0 Å². The van der Waals surface area contributed by atoms with Gasteiger partial charge in [-0.05, 0) is 61.0 Å². The summed E-state index contributed by atoms with van der Waals surface area (Å²) in [5.74, 6) is 2.17. The number of aromatic nitrogens is 2. The van der Waals surface area contributed by atoms with Crippen molar-refractivity contribution >= 4 is 28.9 Å². The predicted molar refractivity (Wildman–Crippen MR) is 133 cm³/mol. The minimum absolute atomic E-state index is 0.214. The SMILES string of the molecule is COC(C)C(=O)Nc1ccc(Nc2ncnc(N)c2-c2ccc(Oc3ccccc3)cc2)cc1. The van der Waals surface area contributed by atoms with Gasteiger partial charge in [0.15, 0.2) is 0 Å². The standard InChI is InChI=1S/C26H25N5O3/c1-17(33-2)26(32)31-20-12-10-19(11-13-20)30-25-23(24(27)28-16-29-25)18-8-14-22(15-9-18)34-21-6-4-3-5-7-21/h3-17H,1-2H3,(H,31,32)(H3,27,28,29,30). The molecule has 8 nitrogen and oxygen atoms in total. The first-order chi connectivity index (χ1) is 16.5. The first-order valence-corrected chi connectivity index (χ1v) is 10.7. The number of anilines is 4. The van der Waals surface area contributed by atoms with E-state index in [1.165, 1.54) is 13.4 Å². The quantitative estimate of drug-likeness (QED) is 0.333. The summed E-state index contributed by atoms with van der Waals surface area (Å²) in [5.41, 5.74) is 9.18. The van der Waals surface area contributed by atoms with Gasteiger partial charge >= 0.3 is 0 Å². The van der Waals surface area contributed by atoms with Gasteiger partial charge in [-0.1, -0.05) is 30.3 Å². The lowest BCUT2D eigenvalue weighted by molar-refractivity contribution is -0.124. The molecular weight excluding hydrogens is 430 g/mol. The van der Waals surface area contributed by atoms with E-state index < -0.39 is 6.10 Å². The first kappa shape index (κ1) is 22.8. The fraction of sp³-hybridized carbons (Fsp3) is 0.115. The van der Waals surface area contributed by atoms with Crippen LogP contribution >= 0.6 is 0 Å². The summed E-state index contributed by atoms with van der Waals surface area (Å²) >= 11 is 0. The van der Waals surface area contributed by atoms with E-state index in [0.29, 0.717) is 28.6 Å². The van der Waals surface area contributed by atoms with Crippen LogP contribution in [0.3, 0.4) is 0 Å². The molecule has 0 fully saturated rings. The van der Waals surface area contributed by atoms with Crippen LogP contribution in [0.1, 0.15) is 6.92 Å². The number of methoxy groups -OCH3 is 1. The van der Waals surface area contributed by atoms with Crippen molar-refractivity contribution in [3.8, 4) is 22.6 Å². The number of rotatable bonds is 8. The van der Waals surface area contributed by atoms with E-state index in [2.05, 4.69) is 20.6 Å². The molecule has 4 N–H and O–H groups in total. The summed E-state index contributed by atoms with van der Waals surface area (Å²) in [7, 11) is 1.49. The molecule has 1 heterocycles. The normalized spacial score (nSPS) is 11.5. The maximum absolute atomic E-state index is 12.0. The Bertz CT molecular complexity index is 1250. The first-order valence-electron chi connectivity index (χ1n) is 10.7. The van der Waals surface area contributed by atoms with Crippen LogP contribution in [0.25, 0.3) is 11.1 Å². The number of hydrogen-bond acceptors (Lipinski definition) is 7. The van der Waals surface area contributed by atoms with E-state index in [-0.39, 0.29) is 5.91 Å². The molecule has 1 unspecified atom stereocenters. The van der Waals surface area contributed by atoms with Crippen molar-refractivity contribution in [1.82, 2.24) is 9.97 Å². The van der Waals surface area contributed by atoms with E-state index in [4.69, 9.17) is 15.2 Å². The smallest absolute Gasteiger partial charge is 0.253 e. The number of amides is 1. The van der Waals surface area contributed by atoms with Crippen LogP contribution in [0.2, 0.25) is 0 Å². The molecule has 0 aliphatic heterocycles. The number of benzene rings is 3. The lowest BCUT2D eigenvalue weighted by atomic mass is 10.1. The van der Waals surface area contributed by atoms with Crippen molar-refractivity contribution in [1.29, 1.82) is 0 Å². The van der Waals surface area contributed by atoms with Crippen molar-refractivity contribution in [3.63, 3.8) is 0 Å². The minimum atomic E-state index is -0.533. The molecule has 4 aromatic rings. The molecule has 0 spiro atoms. The molecule has 3 aromatic carbocycles. The van der Waals surface area contributed by atoms with Crippen LogP contribution in [0.4, 0.5) is 23.0 Å². The number of nitrogens with zero attached hydrogens (tertiary/aromatic N) is 2. The Balaban J connectivity index is 1.51. The molecule has 0 aliphatic rings. The van der Waals surface area contributed by atoms with Gasteiger partial charge in [0, 0.05) is 18.5 Å². The third kappa shape index (κ3) is 5.48. The third-order valence-electron chi connectivity index (χ3n) is 5.14. The minimum Gasteiger partial charge on any atom is -0.457 e. The average Bonchev–Trinajstić information content (AvgIpc) is 2.86. The number of hydrogen-bond donors (Lipinski definition) is 3. The summed E-state index contributed by atoms with van der Waals surface area (Å²) in [6, 6.07) is 24.4. The summed E-state index contributed by atoms with van der Waals surface area (Å²) < 4.78 is 10.9. The van der Waals surface area contributed by atoms with Crippen LogP contribution in [0.5, 0.6) is 11.5 Å². The third-order valence-corrected chi connectivity index (χ3v) is 5.14. The van der Waals surface area contributed by atoms with Crippen molar-refractivity contribution in [2.75, 3.05) is 23.5 Å². The number of para-hydroxylation sites is 1. The van der Waals surface area contributed by atoms with Gasteiger partial charge in [0.05, 0.1) is 5.56 Å². The number of nitrogens with two attached hydrogens (primary N) is 1. The van der Waals surface area contributed by atoms with Crippen molar-refractivity contribution < 1.29 is 14.3 Å². The van der Waals surface area contributed by atoms with E-state index in [1.807, 2.05) is 66.7 Å². The molecule has 0 radical (unpaired) electrons. The molecule has 34 heavy (non-hydrogen) atoms.